The van der Waals surface area contributed by atoms with Crippen molar-refractivity contribution >= 4 is 38.6 Å². The van der Waals surface area contributed by atoms with Crippen molar-refractivity contribution in [3.05, 3.63) is 44.6 Å². The molecule has 0 saturated heterocycles. The Kier molecular flexibility index (Phi) is 4.05. The van der Waals surface area contributed by atoms with E-state index in [9.17, 15) is 13.2 Å². The molecular formula is C12H10BrF3N2S. The van der Waals surface area contributed by atoms with E-state index in [2.05, 4.69) is 21.2 Å². The third-order valence-electron chi connectivity index (χ3n) is 2.45. The Morgan fingerprint density at radius 1 is 1.21 bits per heavy atom. The van der Waals surface area contributed by atoms with Gasteiger partial charge in [0.2, 0.25) is 0 Å². The third kappa shape index (κ3) is 3.63. The number of hydrogen-bond donors (Lipinski definition) is 2. The maximum Gasteiger partial charge on any atom is 0.418 e. The summed E-state index contributed by atoms with van der Waals surface area (Å²) in [4.78, 5) is 1.03. The summed E-state index contributed by atoms with van der Waals surface area (Å²) in [7, 11) is 0. The molecule has 0 unspecified atom stereocenters. The van der Waals surface area contributed by atoms with Crippen LogP contribution in [0.25, 0.3) is 0 Å². The van der Waals surface area contributed by atoms with Crippen molar-refractivity contribution in [3.63, 3.8) is 0 Å². The van der Waals surface area contributed by atoms with E-state index in [0.717, 1.165) is 14.7 Å². The first kappa shape index (κ1) is 14.2. The molecule has 2 nitrogen and oxygen atoms in total. The Labute approximate surface area is 120 Å². The van der Waals surface area contributed by atoms with Gasteiger partial charge in [-0.2, -0.15) is 13.2 Å². The maximum atomic E-state index is 12.7. The number of halogens is 4. The number of nitrogens with one attached hydrogen (secondary N) is 1. The highest BCUT2D eigenvalue weighted by atomic mass is 79.9. The number of thiophene rings is 1. The van der Waals surface area contributed by atoms with Crippen molar-refractivity contribution in [1.29, 1.82) is 0 Å². The van der Waals surface area contributed by atoms with Gasteiger partial charge in [-0.15, -0.1) is 11.3 Å². The summed E-state index contributed by atoms with van der Waals surface area (Å²) in [6, 6.07) is 7.62. The van der Waals surface area contributed by atoms with Gasteiger partial charge in [-0.3, -0.25) is 0 Å². The first-order valence-electron chi connectivity index (χ1n) is 5.31. The Morgan fingerprint density at radius 2 is 1.95 bits per heavy atom. The summed E-state index contributed by atoms with van der Waals surface area (Å²) in [5, 5.41) is 2.95. The van der Waals surface area contributed by atoms with Crippen molar-refractivity contribution in [2.24, 2.45) is 0 Å². The summed E-state index contributed by atoms with van der Waals surface area (Å²) in [6.07, 6.45) is -4.44. The Bertz CT molecular complexity index is 581. The van der Waals surface area contributed by atoms with Crippen LogP contribution < -0.4 is 11.1 Å². The summed E-state index contributed by atoms with van der Waals surface area (Å²) in [5.74, 6) is 0. The van der Waals surface area contributed by atoms with Crippen molar-refractivity contribution < 1.29 is 13.2 Å². The highest BCUT2D eigenvalue weighted by Crippen LogP contribution is 2.35. The number of nitrogens with two attached hydrogens (primary N) is 1. The van der Waals surface area contributed by atoms with E-state index in [1.807, 2.05) is 12.1 Å². The van der Waals surface area contributed by atoms with E-state index in [1.165, 1.54) is 23.5 Å². The van der Waals surface area contributed by atoms with Gasteiger partial charge in [0, 0.05) is 22.8 Å². The lowest BCUT2D eigenvalue weighted by Crippen LogP contribution is -2.10. The van der Waals surface area contributed by atoms with Crippen LogP contribution >= 0.6 is 27.3 Å². The molecule has 2 aromatic rings. The quantitative estimate of drug-likeness (QED) is 0.785. The highest BCUT2D eigenvalue weighted by Gasteiger charge is 2.33. The fraction of sp³-hybridized carbons (Fsp3) is 0.167. The molecule has 1 aromatic carbocycles. The lowest BCUT2D eigenvalue weighted by molar-refractivity contribution is -0.136. The number of alkyl halides is 3. The van der Waals surface area contributed by atoms with E-state index >= 15 is 0 Å². The average Bonchev–Trinajstić information content (AvgIpc) is 2.72. The average molecular weight is 351 g/mol. The molecule has 0 aliphatic heterocycles. The highest BCUT2D eigenvalue weighted by molar-refractivity contribution is 9.11. The molecule has 2 rings (SSSR count). The second kappa shape index (κ2) is 5.42. The van der Waals surface area contributed by atoms with Gasteiger partial charge >= 0.3 is 6.18 Å². The molecule has 0 amide bonds. The molecule has 3 N–H and O–H groups in total. The minimum absolute atomic E-state index is 0.267. The van der Waals surface area contributed by atoms with Gasteiger partial charge in [0.25, 0.3) is 0 Å². The minimum atomic E-state index is -4.44. The van der Waals surface area contributed by atoms with E-state index < -0.39 is 11.7 Å². The van der Waals surface area contributed by atoms with Crippen molar-refractivity contribution in [2.45, 2.75) is 12.7 Å². The second-order valence-electron chi connectivity index (χ2n) is 3.86. The van der Waals surface area contributed by atoms with Crippen LogP contribution in [0, 0.1) is 0 Å². The second-order valence-corrected chi connectivity index (χ2v) is 6.41. The zero-order chi connectivity index (χ0) is 14.0. The van der Waals surface area contributed by atoms with Crippen molar-refractivity contribution in [2.75, 3.05) is 11.1 Å². The van der Waals surface area contributed by atoms with Gasteiger partial charge in [0.1, 0.15) is 0 Å². The van der Waals surface area contributed by atoms with E-state index in [0.29, 0.717) is 12.2 Å². The van der Waals surface area contributed by atoms with Gasteiger partial charge in [-0.05, 0) is 46.3 Å². The normalized spacial score (nSPS) is 11.6. The predicted octanol–water partition coefficient (Wildman–Crippen LogP) is 4.72. The topological polar surface area (TPSA) is 38.0 Å². The lowest BCUT2D eigenvalue weighted by atomic mass is 10.1. The first-order valence-corrected chi connectivity index (χ1v) is 6.92. The Hall–Kier alpha value is -1.21. The molecule has 102 valence electrons. The van der Waals surface area contributed by atoms with E-state index in [4.69, 9.17) is 5.73 Å². The van der Waals surface area contributed by atoms with Crippen LogP contribution in [0.1, 0.15) is 10.4 Å². The van der Waals surface area contributed by atoms with Crippen LogP contribution in [0.15, 0.2) is 34.1 Å². The number of benzene rings is 1. The maximum absolute atomic E-state index is 12.7. The molecule has 1 heterocycles. The Balaban J connectivity index is 2.13. The van der Waals surface area contributed by atoms with Crippen LogP contribution in [0.5, 0.6) is 0 Å². The predicted molar refractivity (Wildman–Crippen MR) is 75.2 cm³/mol. The third-order valence-corrected chi connectivity index (χ3v) is 4.08. The monoisotopic (exact) mass is 350 g/mol. The number of rotatable bonds is 3. The van der Waals surface area contributed by atoms with Crippen LogP contribution in [0.4, 0.5) is 24.5 Å². The van der Waals surface area contributed by atoms with Gasteiger partial charge in [-0.25, -0.2) is 0 Å². The molecule has 0 atom stereocenters. The zero-order valence-electron chi connectivity index (χ0n) is 9.59. The molecular weight excluding hydrogens is 341 g/mol. The van der Waals surface area contributed by atoms with Crippen LogP contribution in [-0.4, -0.2) is 0 Å². The Morgan fingerprint density at radius 3 is 2.53 bits per heavy atom. The smallest absolute Gasteiger partial charge is 0.398 e. The zero-order valence-corrected chi connectivity index (χ0v) is 12.0. The summed E-state index contributed by atoms with van der Waals surface area (Å²) >= 11 is 4.86. The SMILES string of the molecule is Nc1ccc(NCc2ccc(Br)s2)cc1C(F)(F)F. The largest absolute Gasteiger partial charge is 0.418 e. The molecule has 0 aliphatic rings. The molecule has 0 bridgehead atoms. The molecule has 0 radical (unpaired) electrons. The molecule has 0 fully saturated rings. The number of hydrogen-bond acceptors (Lipinski definition) is 3. The molecule has 7 heteroatoms. The van der Waals surface area contributed by atoms with Gasteiger partial charge < -0.3 is 11.1 Å². The van der Waals surface area contributed by atoms with Gasteiger partial charge in [-0.1, -0.05) is 0 Å². The van der Waals surface area contributed by atoms with Crippen molar-refractivity contribution in [3.8, 4) is 0 Å². The molecule has 0 spiro atoms. The fourth-order valence-electron chi connectivity index (χ4n) is 1.55. The van der Waals surface area contributed by atoms with E-state index in [-0.39, 0.29) is 5.69 Å². The molecule has 19 heavy (non-hydrogen) atoms. The molecule has 0 aliphatic carbocycles. The van der Waals surface area contributed by atoms with Crippen molar-refractivity contribution in [1.82, 2.24) is 0 Å². The summed E-state index contributed by atoms with van der Waals surface area (Å²) < 4.78 is 39.0. The summed E-state index contributed by atoms with van der Waals surface area (Å²) in [6.45, 7) is 0.470. The minimum Gasteiger partial charge on any atom is -0.398 e. The number of nitrogen functional groups attached to an aromatic ring is 1. The van der Waals surface area contributed by atoms with Crippen LogP contribution in [-0.2, 0) is 12.7 Å². The summed E-state index contributed by atoms with van der Waals surface area (Å²) in [5.41, 5.74) is 4.65. The lowest BCUT2D eigenvalue weighted by Gasteiger charge is -2.12. The van der Waals surface area contributed by atoms with Gasteiger partial charge in [0.05, 0.1) is 9.35 Å². The fourth-order valence-corrected chi connectivity index (χ4v) is 2.97. The standard InChI is InChI=1S/C12H10BrF3N2S/c13-11-4-2-8(19-11)6-18-7-1-3-10(17)9(5-7)12(14,15)16/h1-5,18H,6,17H2. The number of anilines is 2. The van der Waals surface area contributed by atoms with Crippen LogP contribution in [0.3, 0.4) is 0 Å². The van der Waals surface area contributed by atoms with Crippen LogP contribution in [0.2, 0.25) is 0 Å². The first-order chi connectivity index (χ1) is 8.86. The molecule has 0 saturated carbocycles. The van der Waals surface area contributed by atoms with Gasteiger partial charge in [0.15, 0.2) is 0 Å². The molecule has 1 aromatic heterocycles. The van der Waals surface area contributed by atoms with E-state index in [1.54, 1.807) is 0 Å².